The number of aliphatic hydroxyl groups is 1. The van der Waals surface area contributed by atoms with Crippen molar-refractivity contribution in [2.45, 2.75) is 227 Å². The minimum absolute atomic E-state index is 0.0572. The lowest BCUT2D eigenvalue weighted by atomic mass is 9.94. The van der Waals surface area contributed by atoms with Crippen LogP contribution in [0.25, 0.3) is 0 Å². The first-order valence-electron chi connectivity index (χ1n) is 22.1. The predicted octanol–water partition coefficient (Wildman–Crippen LogP) is 12.3. The lowest BCUT2D eigenvalue weighted by molar-refractivity contribution is -0.149. The molecule has 0 aliphatic heterocycles. The second-order valence-electron chi connectivity index (χ2n) is 15.4. The van der Waals surface area contributed by atoms with Crippen LogP contribution in [0, 0.1) is 5.92 Å². The number of rotatable bonds is 38. The zero-order valence-electron chi connectivity index (χ0n) is 34.0. The molecule has 0 saturated carbocycles. The largest absolute Gasteiger partial charge is 0.465 e. The van der Waals surface area contributed by atoms with Crippen molar-refractivity contribution >= 4 is 5.97 Å². The van der Waals surface area contributed by atoms with Crippen LogP contribution in [0.2, 0.25) is 0 Å². The third kappa shape index (κ3) is 26.4. The molecule has 0 aromatic carbocycles. The Morgan fingerprint density at radius 3 is 1.72 bits per heavy atom. The zero-order chi connectivity index (χ0) is 36.3. The number of unbranched alkanes of at least 4 members (excludes halogenated alkanes) is 20. The lowest BCUT2D eigenvalue weighted by Gasteiger charge is -2.25. The van der Waals surface area contributed by atoms with Gasteiger partial charge in [-0.3, -0.25) is 4.79 Å². The topological polar surface area (TPSA) is 67.6 Å². The van der Waals surface area contributed by atoms with Gasteiger partial charge in [0.25, 0.3) is 0 Å². The van der Waals surface area contributed by atoms with Crippen molar-refractivity contribution in [1.29, 1.82) is 0 Å². The van der Waals surface area contributed by atoms with E-state index in [1.807, 2.05) is 6.20 Å². The number of aromatic nitrogens is 2. The van der Waals surface area contributed by atoms with Crippen molar-refractivity contribution in [2.24, 2.45) is 5.92 Å². The molecule has 1 aromatic rings. The number of aryl methyl sites for hydroxylation is 2. The monoisotopic (exact) mass is 704 g/mol. The van der Waals surface area contributed by atoms with Gasteiger partial charge in [0, 0.05) is 31.9 Å². The van der Waals surface area contributed by atoms with Crippen LogP contribution >= 0.6 is 0 Å². The molecule has 294 valence electrons. The molecular formula is C44H85N3O3. The van der Waals surface area contributed by atoms with E-state index in [0.717, 1.165) is 109 Å². The van der Waals surface area contributed by atoms with E-state index in [2.05, 4.69) is 48.3 Å². The van der Waals surface area contributed by atoms with Crippen LogP contribution in [-0.2, 0) is 22.5 Å². The smallest absolute Gasteiger partial charge is 0.308 e. The first-order valence-corrected chi connectivity index (χ1v) is 22.1. The Labute approximate surface area is 311 Å². The van der Waals surface area contributed by atoms with Gasteiger partial charge in [-0.05, 0) is 51.6 Å². The Hall–Kier alpha value is -1.40. The van der Waals surface area contributed by atoms with Crippen LogP contribution < -0.4 is 0 Å². The number of carbonyl (C=O) groups excluding carboxylic acids is 1. The predicted molar refractivity (Wildman–Crippen MR) is 215 cm³/mol. The number of carbonyl (C=O) groups is 1. The van der Waals surface area contributed by atoms with E-state index in [4.69, 9.17) is 4.74 Å². The third-order valence-corrected chi connectivity index (χ3v) is 10.6. The van der Waals surface area contributed by atoms with Crippen LogP contribution in [0.3, 0.4) is 0 Å². The van der Waals surface area contributed by atoms with Gasteiger partial charge < -0.3 is 19.3 Å². The average Bonchev–Trinajstić information content (AvgIpc) is 3.58. The van der Waals surface area contributed by atoms with Gasteiger partial charge in [0.15, 0.2) is 0 Å². The number of hydrogen-bond acceptors (Lipinski definition) is 5. The van der Waals surface area contributed by atoms with E-state index in [1.165, 1.54) is 109 Å². The van der Waals surface area contributed by atoms with E-state index < -0.39 is 0 Å². The molecule has 0 fully saturated rings. The summed E-state index contributed by atoms with van der Waals surface area (Å²) in [7, 11) is 0. The molecular weight excluding hydrogens is 619 g/mol. The van der Waals surface area contributed by atoms with Crippen LogP contribution in [-0.4, -0.2) is 57.9 Å². The molecule has 6 nitrogen and oxygen atoms in total. The number of nitrogens with zero attached hydrogens (tertiary/aromatic N) is 3. The van der Waals surface area contributed by atoms with Gasteiger partial charge in [0.2, 0.25) is 0 Å². The second-order valence-corrected chi connectivity index (χ2v) is 15.4. The Morgan fingerprint density at radius 2 is 1.14 bits per heavy atom. The van der Waals surface area contributed by atoms with E-state index in [1.54, 1.807) is 0 Å². The van der Waals surface area contributed by atoms with Gasteiger partial charge in [-0.15, -0.1) is 0 Å². The van der Waals surface area contributed by atoms with Gasteiger partial charge in [0.1, 0.15) is 5.82 Å². The number of aliphatic hydroxyl groups excluding tert-OH is 1. The normalized spacial score (nSPS) is 12.9. The van der Waals surface area contributed by atoms with Crippen molar-refractivity contribution < 1.29 is 14.6 Å². The number of ether oxygens (including phenoxy) is 1. The summed E-state index contributed by atoms with van der Waals surface area (Å²) in [6, 6.07) is 0. The molecule has 0 aliphatic rings. The summed E-state index contributed by atoms with van der Waals surface area (Å²) >= 11 is 0. The standard InChI is InChI=1S/C44H85N3O3/c1-5-9-12-15-17-18-19-20-22-27-33-42(48)40-46(36-30-37-47-38-34-45-43(47)8-4)35-28-23-24-29-39-50-44(49)41(31-25-14-11-7-3)32-26-21-16-13-10-6-2/h34,38,41-42,48H,5-33,35-37,39-40H2,1-4H3. The van der Waals surface area contributed by atoms with Crippen molar-refractivity contribution in [3.63, 3.8) is 0 Å². The Morgan fingerprint density at radius 1 is 0.660 bits per heavy atom. The Kier molecular flexibility index (Phi) is 32.3. The molecule has 1 rings (SSSR count). The molecule has 1 heterocycles. The molecule has 6 heteroatoms. The summed E-state index contributed by atoms with van der Waals surface area (Å²) in [5.74, 6) is 1.30. The van der Waals surface area contributed by atoms with Gasteiger partial charge in [-0.2, -0.15) is 0 Å². The number of imidazole rings is 1. The maximum Gasteiger partial charge on any atom is 0.308 e. The van der Waals surface area contributed by atoms with Gasteiger partial charge in [-0.1, -0.05) is 169 Å². The molecule has 0 amide bonds. The van der Waals surface area contributed by atoms with E-state index in [0.29, 0.717) is 6.61 Å². The first kappa shape index (κ1) is 46.6. The summed E-state index contributed by atoms with van der Waals surface area (Å²) < 4.78 is 8.12. The molecule has 0 bridgehead atoms. The highest BCUT2D eigenvalue weighted by atomic mass is 16.5. The van der Waals surface area contributed by atoms with Crippen LogP contribution in [0.4, 0.5) is 0 Å². The van der Waals surface area contributed by atoms with E-state index in [9.17, 15) is 9.90 Å². The fourth-order valence-electron chi connectivity index (χ4n) is 7.32. The van der Waals surface area contributed by atoms with Crippen molar-refractivity contribution in [2.75, 3.05) is 26.2 Å². The highest BCUT2D eigenvalue weighted by Crippen LogP contribution is 2.21. The van der Waals surface area contributed by atoms with Gasteiger partial charge in [-0.25, -0.2) is 4.98 Å². The zero-order valence-corrected chi connectivity index (χ0v) is 34.0. The molecule has 2 atom stereocenters. The summed E-state index contributed by atoms with van der Waals surface area (Å²) in [6.45, 7) is 13.3. The second kappa shape index (κ2) is 34.7. The minimum Gasteiger partial charge on any atom is -0.465 e. The van der Waals surface area contributed by atoms with Crippen molar-refractivity contribution in [3.05, 3.63) is 18.2 Å². The fraction of sp³-hybridized carbons (Fsp3) is 0.909. The van der Waals surface area contributed by atoms with Gasteiger partial charge >= 0.3 is 5.97 Å². The molecule has 1 N–H and O–H groups in total. The van der Waals surface area contributed by atoms with Crippen molar-refractivity contribution in [3.8, 4) is 0 Å². The van der Waals surface area contributed by atoms with E-state index >= 15 is 0 Å². The van der Waals surface area contributed by atoms with Crippen LogP contribution in [0.5, 0.6) is 0 Å². The number of esters is 1. The van der Waals surface area contributed by atoms with E-state index in [-0.39, 0.29) is 18.0 Å². The molecule has 1 aromatic heterocycles. The van der Waals surface area contributed by atoms with Crippen molar-refractivity contribution in [1.82, 2.24) is 14.5 Å². The van der Waals surface area contributed by atoms with Crippen LogP contribution in [0.15, 0.2) is 12.4 Å². The minimum atomic E-state index is -0.242. The highest BCUT2D eigenvalue weighted by Gasteiger charge is 2.19. The van der Waals surface area contributed by atoms with Crippen LogP contribution in [0.1, 0.15) is 213 Å². The Bertz CT molecular complexity index is 859. The summed E-state index contributed by atoms with van der Waals surface area (Å²) in [6.07, 6.45) is 38.8. The number of hydrogen-bond donors (Lipinski definition) is 1. The molecule has 0 radical (unpaired) electrons. The summed E-state index contributed by atoms with van der Waals surface area (Å²) in [4.78, 5) is 20.0. The highest BCUT2D eigenvalue weighted by molar-refractivity contribution is 5.72. The lowest BCUT2D eigenvalue weighted by Crippen LogP contribution is -2.34. The third-order valence-electron chi connectivity index (χ3n) is 10.6. The quantitative estimate of drug-likeness (QED) is 0.0548. The maximum absolute atomic E-state index is 13.0. The SMILES string of the molecule is CCCCCCCCCCCCC(O)CN(CCCCCCOC(=O)C(CCCCCC)CCCCCCCC)CCCn1ccnc1CC. The summed E-state index contributed by atoms with van der Waals surface area (Å²) in [5, 5.41) is 11.0. The molecule has 50 heavy (non-hydrogen) atoms. The maximum atomic E-state index is 13.0. The fourth-order valence-corrected chi connectivity index (χ4v) is 7.32. The summed E-state index contributed by atoms with van der Waals surface area (Å²) in [5.41, 5.74) is 0. The average molecular weight is 704 g/mol. The van der Waals surface area contributed by atoms with Gasteiger partial charge in [0.05, 0.1) is 18.6 Å². The molecule has 0 spiro atoms. The molecule has 0 aliphatic carbocycles. The molecule has 2 unspecified atom stereocenters. The Balaban J connectivity index is 2.38. The first-order chi connectivity index (χ1) is 24.5. The molecule has 0 saturated heterocycles.